The van der Waals surface area contributed by atoms with Crippen LogP contribution in [0.15, 0.2) is 18.2 Å². The van der Waals surface area contributed by atoms with Crippen molar-refractivity contribution < 1.29 is 4.79 Å². The molecule has 146 valence electrons. The number of rotatable bonds is 5. The Morgan fingerprint density at radius 3 is 2.74 bits per heavy atom. The van der Waals surface area contributed by atoms with Crippen molar-refractivity contribution >= 4 is 17.2 Å². The van der Waals surface area contributed by atoms with Crippen molar-refractivity contribution in [3.8, 4) is 10.6 Å². The zero-order valence-electron chi connectivity index (χ0n) is 17.0. The molecule has 0 atom stereocenters. The Morgan fingerprint density at radius 2 is 1.96 bits per heavy atom. The molecule has 5 heteroatoms. The van der Waals surface area contributed by atoms with E-state index in [9.17, 15) is 4.79 Å². The number of nitrogens with zero attached hydrogens (tertiary/aromatic N) is 3. The van der Waals surface area contributed by atoms with E-state index in [-0.39, 0.29) is 5.91 Å². The SMILES string of the molecule is CCCCN1CCCN(C(=O)c2sc(-c3cc(C)ccc3C)nc2C)CC1. The summed E-state index contributed by atoms with van der Waals surface area (Å²) in [6.07, 6.45) is 3.51. The van der Waals surface area contributed by atoms with E-state index >= 15 is 0 Å². The molecule has 1 aliphatic heterocycles. The largest absolute Gasteiger partial charge is 0.337 e. The molecule has 1 saturated heterocycles. The van der Waals surface area contributed by atoms with Crippen LogP contribution < -0.4 is 0 Å². The third kappa shape index (κ3) is 4.77. The first-order chi connectivity index (χ1) is 13.0. The minimum Gasteiger partial charge on any atom is -0.337 e. The second kappa shape index (κ2) is 8.98. The van der Waals surface area contributed by atoms with Gasteiger partial charge in [0.2, 0.25) is 0 Å². The number of benzene rings is 1. The van der Waals surface area contributed by atoms with Crippen molar-refractivity contribution in [2.75, 3.05) is 32.7 Å². The summed E-state index contributed by atoms with van der Waals surface area (Å²) in [7, 11) is 0. The number of carbonyl (C=O) groups excluding carboxylic acids is 1. The van der Waals surface area contributed by atoms with Gasteiger partial charge in [-0.25, -0.2) is 4.98 Å². The van der Waals surface area contributed by atoms with Gasteiger partial charge in [-0.2, -0.15) is 0 Å². The van der Waals surface area contributed by atoms with Gasteiger partial charge in [0, 0.05) is 25.2 Å². The van der Waals surface area contributed by atoms with Gasteiger partial charge in [-0.15, -0.1) is 11.3 Å². The molecule has 1 aromatic heterocycles. The Balaban J connectivity index is 1.76. The molecule has 2 aromatic rings. The molecular formula is C22H31N3OS. The molecule has 0 spiro atoms. The quantitative estimate of drug-likeness (QED) is 0.749. The predicted molar refractivity (Wildman–Crippen MR) is 114 cm³/mol. The van der Waals surface area contributed by atoms with Crippen LogP contribution in [0, 0.1) is 20.8 Å². The average Bonchev–Trinajstić information content (AvgIpc) is 2.88. The van der Waals surface area contributed by atoms with Gasteiger partial charge in [-0.1, -0.05) is 31.0 Å². The highest BCUT2D eigenvalue weighted by Gasteiger charge is 2.24. The van der Waals surface area contributed by atoms with Crippen molar-refractivity contribution in [3.05, 3.63) is 39.9 Å². The lowest BCUT2D eigenvalue weighted by Gasteiger charge is -2.21. The van der Waals surface area contributed by atoms with E-state index in [0.717, 1.165) is 60.3 Å². The highest BCUT2D eigenvalue weighted by molar-refractivity contribution is 7.17. The molecule has 2 heterocycles. The summed E-state index contributed by atoms with van der Waals surface area (Å²) in [5.41, 5.74) is 4.42. The topological polar surface area (TPSA) is 36.4 Å². The number of carbonyl (C=O) groups is 1. The van der Waals surface area contributed by atoms with Gasteiger partial charge in [-0.05, 0) is 58.3 Å². The number of aryl methyl sites for hydroxylation is 3. The fraction of sp³-hybridized carbons (Fsp3) is 0.545. The summed E-state index contributed by atoms with van der Waals surface area (Å²) in [5.74, 6) is 0.152. The molecular weight excluding hydrogens is 354 g/mol. The van der Waals surface area contributed by atoms with Gasteiger partial charge in [0.1, 0.15) is 9.88 Å². The number of aromatic nitrogens is 1. The zero-order chi connectivity index (χ0) is 19.4. The fourth-order valence-electron chi connectivity index (χ4n) is 3.60. The predicted octanol–water partition coefficient (Wildman–Crippen LogP) is 4.68. The van der Waals surface area contributed by atoms with E-state index in [1.54, 1.807) is 11.3 Å². The first-order valence-electron chi connectivity index (χ1n) is 10.1. The maximum absolute atomic E-state index is 13.2. The van der Waals surface area contributed by atoms with Crippen LogP contribution in [0.3, 0.4) is 0 Å². The highest BCUT2D eigenvalue weighted by atomic mass is 32.1. The van der Waals surface area contributed by atoms with E-state index in [4.69, 9.17) is 4.98 Å². The van der Waals surface area contributed by atoms with Crippen LogP contribution >= 0.6 is 11.3 Å². The molecule has 27 heavy (non-hydrogen) atoms. The van der Waals surface area contributed by atoms with Crippen LogP contribution in [0.2, 0.25) is 0 Å². The summed E-state index contributed by atoms with van der Waals surface area (Å²) in [5, 5.41) is 0.955. The normalized spacial score (nSPS) is 15.8. The molecule has 0 unspecified atom stereocenters. The maximum Gasteiger partial charge on any atom is 0.265 e. The van der Waals surface area contributed by atoms with E-state index in [2.05, 4.69) is 43.9 Å². The Morgan fingerprint density at radius 1 is 1.15 bits per heavy atom. The van der Waals surface area contributed by atoms with Crippen LogP contribution in [0.5, 0.6) is 0 Å². The second-order valence-corrected chi connectivity index (χ2v) is 8.59. The van der Waals surface area contributed by atoms with Crippen LogP contribution in [0.25, 0.3) is 10.6 Å². The maximum atomic E-state index is 13.2. The third-order valence-electron chi connectivity index (χ3n) is 5.32. The van der Waals surface area contributed by atoms with Gasteiger partial charge >= 0.3 is 0 Å². The molecule has 1 aliphatic rings. The second-order valence-electron chi connectivity index (χ2n) is 7.59. The smallest absolute Gasteiger partial charge is 0.265 e. The zero-order valence-corrected chi connectivity index (χ0v) is 17.9. The van der Waals surface area contributed by atoms with E-state index < -0.39 is 0 Å². The Bertz CT molecular complexity index is 799. The molecule has 4 nitrogen and oxygen atoms in total. The van der Waals surface area contributed by atoms with E-state index in [1.165, 1.54) is 24.0 Å². The van der Waals surface area contributed by atoms with Gasteiger partial charge in [0.25, 0.3) is 5.91 Å². The Kier molecular flexibility index (Phi) is 6.66. The lowest BCUT2D eigenvalue weighted by molar-refractivity contribution is 0.0765. The molecule has 1 amide bonds. The van der Waals surface area contributed by atoms with Gasteiger partial charge < -0.3 is 9.80 Å². The number of unbranched alkanes of at least 4 members (excludes halogenated alkanes) is 1. The monoisotopic (exact) mass is 385 g/mol. The third-order valence-corrected chi connectivity index (χ3v) is 6.50. The number of hydrogen-bond acceptors (Lipinski definition) is 4. The summed E-state index contributed by atoms with van der Waals surface area (Å²) in [6.45, 7) is 13.3. The Hall–Kier alpha value is -1.72. The van der Waals surface area contributed by atoms with Crippen molar-refractivity contribution in [1.29, 1.82) is 0 Å². The molecule has 0 saturated carbocycles. The van der Waals surface area contributed by atoms with Crippen LogP contribution in [0.1, 0.15) is 52.7 Å². The molecule has 0 radical (unpaired) electrons. The number of amides is 1. The first-order valence-corrected chi connectivity index (χ1v) is 10.9. The summed E-state index contributed by atoms with van der Waals surface area (Å²) < 4.78 is 0. The van der Waals surface area contributed by atoms with Crippen molar-refractivity contribution in [2.45, 2.75) is 47.0 Å². The summed E-state index contributed by atoms with van der Waals surface area (Å²) in [6, 6.07) is 6.41. The average molecular weight is 386 g/mol. The van der Waals surface area contributed by atoms with Crippen LogP contribution in [-0.4, -0.2) is 53.4 Å². The standard InChI is InChI=1S/C22H31N3OS/c1-5-6-10-24-11-7-12-25(14-13-24)22(26)20-18(4)23-21(27-20)19-15-16(2)8-9-17(19)3/h8-9,15H,5-7,10-14H2,1-4H3. The van der Waals surface area contributed by atoms with Gasteiger partial charge in [0.05, 0.1) is 5.69 Å². The van der Waals surface area contributed by atoms with Gasteiger partial charge in [-0.3, -0.25) is 4.79 Å². The number of thiazole rings is 1. The van der Waals surface area contributed by atoms with E-state index in [1.807, 2.05) is 11.8 Å². The van der Waals surface area contributed by atoms with Crippen molar-refractivity contribution in [3.63, 3.8) is 0 Å². The summed E-state index contributed by atoms with van der Waals surface area (Å²) >= 11 is 1.54. The fourth-order valence-corrected chi connectivity index (χ4v) is 4.71. The van der Waals surface area contributed by atoms with Gasteiger partial charge in [0.15, 0.2) is 0 Å². The van der Waals surface area contributed by atoms with Crippen LogP contribution in [-0.2, 0) is 0 Å². The van der Waals surface area contributed by atoms with Crippen molar-refractivity contribution in [1.82, 2.24) is 14.8 Å². The minimum absolute atomic E-state index is 0.152. The van der Waals surface area contributed by atoms with Crippen LogP contribution in [0.4, 0.5) is 0 Å². The Labute approximate surface area is 167 Å². The molecule has 1 fully saturated rings. The van der Waals surface area contributed by atoms with E-state index in [0.29, 0.717) is 0 Å². The molecule has 0 bridgehead atoms. The number of hydrogen-bond donors (Lipinski definition) is 0. The van der Waals surface area contributed by atoms with Crippen molar-refractivity contribution in [2.24, 2.45) is 0 Å². The molecule has 0 aliphatic carbocycles. The molecule has 1 aromatic carbocycles. The highest BCUT2D eigenvalue weighted by Crippen LogP contribution is 2.31. The summed E-state index contributed by atoms with van der Waals surface area (Å²) in [4.78, 5) is 23.2. The lowest BCUT2D eigenvalue weighted by atomic mass is 10.1. The first kappa shape index (κ1) is 20.0. The lowest BCUT2D eigenvalue weighted by Crippen LogP contribution is -2.35. The molecule has 3 rings (SSSR count). The minimum atomic E-state index is 0.152. The molecule has 0 N–H and O–H groups in total.